The van der Waals surface area contributed by atoms with Crippen molar-refractivity contribution in [2.45, 2.75) is 40.2 Å². The maximum Gasteiger partial charge on any atom is 0.319 e. The third-order valence-corrected chi connectivity index (χ3v) is 6.07. The number of nitrogens with zero attached hydrogens (tertiary/aromatic N) is 3. The first-order valence-electron chi connectivity index (χ1n) is 11.2. The highest BCUT2D eigenvalue weighted by molar-refractivity contribution is 5.89. The summed E-state index contributed by atoms with van der Waals surface area (Å²) >= 11 is 0. The second kappa shape index (κ2) is 12.2. The summed E-state index contributed by atoms with van der Waals surface area (Å²) in [6.45, 7) is 17.1. The van der Waals surface area contributed by atoms with Crippen LogP contribution >= 0.6 is 0 Å². The van der Waals surface area contributed by atoms with Crippen molar-refractivity contribution >= 4 is 11.7 Å². The molecule has 29 heavy (non-hydrogen) atoms. The van der Waals surface area contributed by atoms with E-state index in [2.05, 4.69) is 72.2 Å². The number of hydrogen-bond acceptors (Lipinski definition) is 4. The van der Waals surface area contributed by atoms with Gasteiger partial charge in [0.05, 0.1) is 0 Å². The van der Waals surface area contributed by atoms with Crippen molar-refractivity contribution in [3.63, 3.8) is 0 Å². The summed E-state index contributed by atoms with van der Waals surface area (Å²) in [5.41, 5.74) is 2.15. The van der Waals surface area contributed by atoms with Gasteiger partial charge in [-0.25, -0.2) is 4.79 Å². The second-order valence-corrected chi connectivity index (χ2v) is 8.46. The molecule has 1 aromatic carbocycles. The quantitative estimate of drug-likeness (QED) is 0.631. The Morgan fingerprint density at radius 2 is 1.69 bits per heavy atom. The SMILES string of the molecule is CCN(CC)CCc1ccc(NC(=O)NCC(C(C)C)N2CCN(C)CC2)cc1. The summed E-state index contributed by atoms with van der Waals surface area (Å²) in [4.78, 5) is 19.7. The number of nitrogens with one attached hydrogen (secondary N) is 2. The molecule has 2 amide bonds. The van der Waals surface area contributed by atoms with E-state index in [-0.39, 0.29) is 6.03 Å². The van der Waals surface area contributed by atoms with Gasteiger partial charge in [0.2, 0.25) is 0 Å². The summed E-state index contributed by atoms with van der Waals surface area (Å²) < 4.78 is 0. The van der Waals surface area contributed by atoms with E-state index < -0.39 is 0 Å². The van der Waals surface area contributed by atoms with Crippen LogP contribution in [0.2, 0.25) is 0 Å². The molecule has 2 N–H and O–H groups in total. The highest BCUT2D eigenvalue weighted by atomic mass is 16.2. The Hall–Kier alpha value is -1.63. The lowest BCUT2D eigenvalue weighted by molar-refractivity contribution is 0.0890. The first kappa shape index (κ1) is 23.6. The van der Waals surface area contributed by atoms with E-state index in [0.717, 1.165) is 57.9 Å². The molecule has 1 aliphatic heterocycles. The molecule has 0 aliphatic carbocycles. The van der Waals surface area contributed by atoms with Gasteiger partial charge >= 0.3 is 6.03 Å². The molecule has 6 nitrogen and oxygen atoms in total. The summed E-state index contributed by atoms with van der Waals surface area (Å²) in [6, 6.07) is 8.47. The fraction of sp³-hybridized carbons (Fsp3) is 0.696. The van der Waals surface area contributed by atoms with Crippen LogP contribution in [0.1, 0.15) is 33.3 Å². The number of anilines is 1. The third-order valence-electron chi connectivity index (χ3n) is 6.07. The minimum Gasteiger partial charge on any atom is -0.336 e. The topological polar surface area (TPSA) is 50.9 Å². The molecule has 1 atom stereocenters. The molecule has 2 rings (SSSR count). The van der Waals surface area contributed by atoms with Crippen molar-refractivity contribution in [3.8, 4) is 0 Å². The second-order valence-electron chi connectivity index (χ2n) is 8.46. The van der Waals surface area contributed by atoms with Gasteiger partial charge in [0.25, 0.3) is 0 Å². The summed E-state index contributed by atoms with van der Waals surface area (Å²) in [5, 5.41) is 6.05. The molecular weight excluding hydrogens is 362 g/mol. The summed E-state index contributed by atoms with van der Waals surface area (Å²) in [6.07, 6.45) is 1.04. The van der Waals surface area contributed by atoms with Crippen LogP contribution in [0.25, 0.3) is 0 Å². The highest BCUT2D eigenvalue weighted by Crippen LogP contribution is 2.14. The Labute approximate surface area is 177 Å². The number of likely N-dealkylation sites (N-methyl/N-ethyl adjacent to an activating group) is 2. The van der Waals surface area contributed by atoms with Crippen LogP contribution in [-0.4, -0.2) is 86.2 Å². The fourth-order valence-electron chi connectivity index (χ4n) is 3.89. The van der Waals surface area contributed by atoms with Crippen molar-refractivity contribution < 1.29 is 4.79 Å². The molecule has 1 unspecified atom stereocenters. The van der Waals surface area contributed by atoms with E-state index in [1.165, 1.54) is 5.56 Å². The van der Waals surface area contributed by atoms with Gasteiger partial charge in [0.1, 0.15) is 0 Å². The predicted octanol–water partition coefficient (Wildman–Crippen LogP) is 2.96. The van der Waals surface area contributed by atoms with Crippen molar-refractivity contribution in [1.82, 2.24) is 20.0 Å². The summed E-state index contributed by atoms with van der Waals surface area (Å²) in [7, 11) is 2.17. The van der Waals surface area contributed by atoms with Crippen LogP contribution in [0, 0.1) is 5.92 Å². The first-order chi connectivity index (χ1) is 13.9. The van der Waals surface area contributed by atoms with Crippen LogP contribution in [-0.2, 0) is 6.42 Å². The van der Waals surface area contributed by atoms with Crippen LogP contribution in [0.4, 0.5) is 10.5 Å². The largest absolute Gasteiger partial charge is 0.336 e. The predicted molar refractivity (Wildman–Crippen MR) is 123 cm³/mol. The number of piperazine rings is 1. The zero-order valence-corrected chi connectivity index (χ0v) is 19.1. The van der Waals surface area contributed by atoms with Crippen LogP contribution in [0.5, 0.6) is 0 Å². The van der Waals surface area contributed by atoms with E-state index in [4.69, 9.17) is 0 Å². The molecule has 0 radical (unpaired) electrons. The number of carbonyl (C=O) groups is 1. The molecule has 0 spiro atoms. The lowest BCUT2D eigenvalue weighted by Crippen LogP contribution is -2.54. The molecule has 1 aliphatic rings. The molecule has 0 bridgehead atoms. The normalized spacial score (nSPS) is 16.9. The zero-order chi connectivity index (χ0) is 21.2. The van der Waals surface area contributed by atoms with Crippen molar-refractivity contribution in [2.75, 3.05) is 64.7 Å². The highest BCUT2D eigenvalue weighted by Gasteiger charge is 2.25. The fourth-order valence-corrected chi connectivity index (χ4v) is 3.89. The molecule has 0 saturated carbocycles. The molecule has 164 valence electrons. The van der Waals surface area contributed by atoms with Gasteiger partial charge in [-0.1, -0.05) is 39.8 Å². The van der Waals surface area contributed by atoms with Crippen LogP contribution < -0.4 is 10.6 Å². The minimum absolute atomic E-state index is 0.124. The minimum atomic E-state index is -0.124. The maximum atomic E-state index is 12.4. The third kappa shape index (κ3) is 7.96. The lowest BCUT2D eigenvalue weighted by Gasteiger charge is -2.39. The van der Waals surface area contributed by atoms with Gasteiger partial charge in [-0.2, -0.15) is 0 Å². The average molecular weight is 404 g/mol. The van der Waals surface area contributed by atoms with Gasteiger partial charge in [-0.15, -0.1) is 0 Å². The molecule has 1 fully saturated rings. The van der Waals surface area contributed by atoms with E-state index in [1.54, 1.807) is 0 Å². The Morgan fingerprint density at radius 1 is 1.07 bits per heavy atom. The number of urea groups is 1. The van der Waals surface area contributed by atoms with Crippen molar-refractivity contribution in [1.29, 1.82) is 0 Å². The molecule has 1 saturated heterocycles. The first-order valence-corrected chi connectivity index (χ1v) is 11.2. The Balaban J connectivity index is 1.78. The standard InChI is InChI=1S/C23H41N5O/c1-6-27(7-2)13-12-20-8-10-21(11-9-20)25-23(29)24-18-22(19(3)4)28-16-14-26(5)15-17-28/h8-11,19,22H,6-7,12-18H2,1-5H3,(H2,24,25,29). The van der Waals surface area contributed by atoms with Gasteiger partial charge in [-0.05, 0) is 50.2 Å². The number of rotatable bonds is 10. The maximum absolute atomic E-state index is 12.4. The van der Waals surface area contributed by atoms with Gasteiger partial charge in [0, 0.05) is 51.0 Å². The van der Waals surface area contributed by atoms with Gasteiger partial charge < -0.3 is 20.4 Å². The van der Waals surface area contributed by atoms with Crippen LogP contribution in [0.3, 0.4) is 0 Å². The number of hydrogen-bond donors (Lipinski definition) is 2. The average Bonchev–Trinajstić information content (AvgIpc) is 2.71. The molecule has 6 heteroatoms. The Bertz CT molecular complexity index is 592. The molecule has 1 aromatic rings. The molecule has 0 aromatic heterocycles. The number of benzene rings is 1. The van der Waals surface area contributed by atoms with E-state index in [0.29, 0.717) is 18.5 Å². The number of carbonyl (C=O) groups excluding carboxylic acids is 1. The molecule has 1 heterocycles. The van der Waals surface area contributed by atoms with Crippen molar-refractivity contribution in [2.24, 2.45) is 5.92 Å². The Kier molecular flexibility index (Phi) is 9.91. The Morgan fingerprint density at radius 3 is 2.24 bits per heavy atom. The molecular formula is C23H41N5O. The smallest absolute Gasteiger partial charge is 0.319 e. The number of amides is 2. The van der Waals surface area contributed by atoms with Crippen molar-refractivity contribution in [3.05, 3.63) is 29.8 Å². The monoisotopic (exact) mass is 403 g/mol. The van der Waals surface area contributed by atoms with Crippen LogP contribution in [0.15, 0.2) is 24.3 Å². The van der Waals surface area contributed by atoms with E-state index in [9.17, 15) is 4.79 Å². The van der Waals surface area contributed by atoms with E-state index in [1.807, 2.05) is 12.1 Å². The zero-order valence-electron chi connectivity index (χ0n) is 19.1. The lowest BCUT2D eigenvalue weighted by atomic mass is 10.0. The van der Waals surface area contributed by atoms with Gasteiger partial charge in [-0.3, -0.25) is 4.90 Å². The summed E-state index contributed by atoms with van der Waals surface area (Å²) in [5.74, 6) is 0.504. The van der Waals surface area contributed by atoms with E-state index >= 15 is 0 Å². The van der Waals surface area contributed by atoms with Gasteiger partial charge in [0.15, 0.2) is 0 Å².